The van der Waals surface area contributed by atoms with Gasteiger partial charge in [-0.25, -0.2) is 8.42 Å². The first-order chi connectivity index (χ1) is 11.9. The van der Waals surface area contributed by atoms with Gasteiger partial charge in [-0.1, -0.05) is 13.8 Å². The average molecular weight is 370 g/mol. The van der Waals surface area contributed by atoms with Crippen molar-refractivity contribution in [1.29, 1.82) is 0 Å². The van der Waals surface area contributed by atoms with Gasteiger partial charge in [0, 0.05) is 26.2 Å². The number of sulfonamides is 1. The molecule has 0 bridgehead atoms. The Balaban J connectivity index is 2.05. The maximum Gasteiger partial charge on any atom is 0.260 e. The van der Waals surface area contributed by atoms with Crippen molar-refractivity contribution in [3.63, 3.8) is 0 Å². The van der Waals surface area contributed by atoms with Gasteiger partial charge in [-0.2, -0.15) is 4.31 Å². The zero-order chi connectivity index (χ0) is 18.4. The highest BCUT2D eigenvalue weighted by atomic mass is 32.2. The van der Waals surface area contributed by atoms with E-state index in [9.17, 15) is 13.2 Å². The number of morpholine rings is 1. The van der Waals surface area contributed by atoms with Crippen LogP contribution in [0.15, 0.2) is 23.1 Å². The molecule has 1 aromatic carbocycles. The molecule has 0 radical (unpaired) electrons. The van der Waals surface area contributed by atoms with Gasteiger partial charge in [-0.15, -0.1) is 0 Å². The van der Waals surface area contributed by atoms with Crippen LogP contribution in [0.2, 0.25) is 0 Å². The molecule has 1 heterocycles. The topological polar surface area (TPSA) is 76.2 Å². The summed E-state index contributed by atoms with van der Waals surface area (Å²) in [5, 5.41) is 0. The number of nitrogens with zero attached hydrogens (tertiary/aromatic N) is 2. The van der Waals surface area contributed by atoms with Gasteiger partial charge >= 0.3 is 0 Å². The molecule has 1 amide bonds. The van der Waals surface area contributed by atoms with E-state index >= 15 is 0 Å². The molecule has 140 valence electrons. The Kier molecular flexibility index (Phi) is 6.80. The van der Waals surface area contributed by atoms with Crippen LogP contribution < -0.4 is 4.74 Å². The molecule has 8 heteroatoms. The molecular formula is C17H26N2O5S. The monoisotopic (exact) mass is 370 g/mol. The van der Waals surface area contributed by atoms with Crippen molar-refractivity contribution < 1.29 is 22.7 Å². The second-order valence-corrected chi connectivity index (χ2v) is 7.74. The fraction of sp³-hybridized carbons (Fsp3) is 0.588. The van der Waals surface area contributed by atoms with Crippen LogP contribution in [0.4, 0.5) is 0 Å². The normalized spacial score (nSPS) is 15.4. The third-order valence-electron chi connectivity index (χ3n) is 4.20. The second kappa shape index (κ2) is 8.64. The summed E-state index contributed by atoms with van der Waals surface area (Å²) < 4.78 is 37.3. The van der Waals surface area contributed by atoms with Gasteiger partial charge in [0.1, 0.15) is 5.75 Å². The summed E-state index contributed by atoms with van der Waals surface area (Å²) in [5.41, 5.74) is 0.683. The zero-order valence-electron chi connectivity index (χ0n) is 15.0. The molecule has 0 atom stereocenters. The van der Waals surface area contributed by atoms with Crippen LogP contribution in [0.5, 0.6) is 5.75 Å². The summed E-state index contributed by atoms with van der Waals surface area (Å²) >= 11 is 0. The number of ether oxygens (including phenoxy) is 2. The Hall–Kier alpha value is -1.64. The lowest BCUT2D eigenvalue weighted by Gasteiger charge is -2.26. The maximum absolute atomic E-state index is 12.5. The Labute approximate surface area is 149 Å². The molecule has 0 aliphatic carbocycles. The van der Waals surface area contributed by atoms with Gasteiger partial charge in [-0.3, -0.25) is 4.79 Å². The smallest absolute Gasteiger partial charge is 0.260 e. The minimum atomic E-state index is -3.50. The van der Waals surface area contributed by atoms with Crippen LogP contribution in [0, 0.1) is 6.92 Å². The molecule has 7 nitrogen and oxygen atoms in total. The van der Waals surface area contributed by atoms with E-state index in [-0.39, 0.29) is 17.4 Å². The average Bonchev–Trinajstić information content (AvgIpc) is 2.61. The van der Waals surface area contributed by atoms with Gasteiger partial charge in [0.05, 0.1) is 18.1 Å². The molecule has 1 aliphatic heterocycles. The summed E-state index contributed by atoms with van der Waals surface area (Å²) in [6, 6.07) is 4.72. The lowest BCUT2D eigenvalue weighted by Crippen LogP contribution is -2.43. The lowest BCUT2D eigenvalue weighted by molar-refractivity contribution is -0.137. The molecule has 2 rings (SSSR count). The zero-order valence-corrected chi connectivity index (χ0v) is 15.8. The largest absolute Gasteiger partial charge is 0.483 e. The highest BCUT2D eigenvalue weighted by Gasteiger charge is 2.22. The van der Waals surface area contributed by atoms with Gasteiger partial charge in [0.15, 0.2) is 6.61 Å². The molecular weight excluding hydrogens is 344 g/mol. The quantitative estimate of drug-likeness (QED) is 0.722. The second-order valence-electron chi connectivity index (χ2n) is 5.80. The summed E-state index contributed by atoms with van der Waals surface area (Å²) in [4.78, 5) is 14.1. The molecule has 1 aromatic rings. The third kappa shape index (κ3) is 4.71. The fourth-order valence-electron chi connectivity index (χ4n) is 2.70. The number of hydrogen-bond acceptors (Lipinski definition) is 5. The van der Waals surface area contributed by atoms with E-state index in [1.165, 1.54) is 10.4 Å². The standard InChI is InChI=1S/C17H26N2O5S/c1-4-19(5-2)25(21,22)15-6-7-16(14(3)12-15)24-13-17(20)18-8-10-23-11-9-18/h6-7,12H,4-5,8-11,13H2,1-3H3. The molecule has 0 saturated carbocycles. The first-order valence-electron chi connectivity index (χ1n) is 8.49. The van der Waals surface area contributed by atoms with Crippen LogP contribution in [-0.4, -0.2) is 69.5 Å². The number of aryl methyl sites for hydroxylation is 1. The molecule has 1 aliphatic rings. The predicted octanol–water partition coefficient (Wildman–Crippen LogP) is 1.26. The van der Waals surface area contributed by atoms with Crippen LogP contribution in [0.25, 0.3) is 0 Å². The van der Waals surface area contributed by atoms with E-state index in [4.69, 9.17) is 9.47 Å². The van der Waals surface area contributed by atoms with Crippen LogP contribution in [0.1, 0.15) is 19.4 Å². The van der Waals surface area contributed by atoms with Crippen molar-refractivity contribution in [1.82, 2.24) is 9.21 Å². The molecule has 0 N–H and O–H groups in total. The highest BCUT2D eigenvalue weighted by Crippen LogP contribution is 2.24. The molecule has 0 spiro atoms. The first-order valence-corrected chi connectivity index (χ1v) is 9.93. The van der Waals surface area contributed by atoms with Crippen molar-refractivity contribution in [3.8, 4) is 5.75 Å². The summed E-state index contributed by atoms with van der Waals surface area (Å²) in [6.45, 7) is 8.40. The number of hydrogen-bond donors (Lipinski definition) is 0. The Bertz CT molecular complexity index is 695. The van der Waals surface area contributed by atoms with E-state index in [2.05, 4.69) is 0 Å². The van der Waals surface area contributed by atoms with Crippen molar-refractivity contribution in [2.24, 2.45) is 0 Å². The van der Waals surface area contributed by atoms with E-state index in [1.54, 1.807) is 24.0 Å². The van der Waals surface area contributed by atoms with Gasteiger partial charge in [0.25, 0.3) is 5.91 Å². The maximum atomic E-state index is 12.5. The molecule has 0 aromatic heterocycles. The van der Waals surface area contributed by atoms with Crippen molar-refractivity contribution in [3.05, 3.63) is 23.8 Å². The fourth-order valence-corrected chi connectivity index (χ4v) is 4.24. The SMILES string of the molecule is CCN(CC)S(=O)(=O)c1ccc(OCC(=O)N2CCOCC2)c(C)c1. The minimum absolute atomic E-state index is 0.0665. The Morgan fingerprint density at radius 2 is 1.88 bits per heavy atom. The van der Waals surface area contributed by atoms with Gasteiger partial charge in [0.2, 0.25) is 10.0 Å². The number of amides is 1. The van der Waals surface area contributed by atoms with Crippen molar-refractivity contribution in [2.45, 2.75) is 25.7 Å². The summed E-state index contributed by atoms with van der Waals surface area (Å²) in [7, 11) is -3.50. The number of benzene rings is 1. The van der Waals surface area contributed by atoms with E-state index < -0.39 is 10.0 Å². The van der Waals surface area contributed by atoms with E-state index in [0.717, 1.165) is 0 Å². The summed E-state index contributed by atoms with van der Waals surface area (Å²) in [5.74, 6) is 0.419. The first kappa shape index (κ1) is 19.7. The lowest BCUT2D eigenvalue weighted by atomic mass is 10.2. The van der Waals surface area contributed by atoms with E-state index in [1.807, 2.05) is 13.8 Å². The Morgan fingerprint density at radius 3 is 2.44 bits per heavy atom. The number of rotatable bonds is 7. The Morgan fingerprint density at radius 1 is 1.24 bits per heavy atom. The third-order valence-corrected chi connectivity index (χ3v) is 6.25. The van der Waals surface area contributed by atoms with Gasteiger partial charge in [-0.05, 0) is 30.7 Å². The molecule has 25 heavy (non-hydrogen) atoms. The van der Waals surface area contributed by atoms with Crippen LogP contribution in [0.3, 0.4) is 0 Å². The molecule has 1 saturated heterocycles. The van der Waals surface area contributed by atoms with Crippen LogP contribution in [-0.2, 0) is 19.6 Å². The van der Waals surface area contributed by atoms with Gasteiger partial charge < -0.3 is 14.4 Å². The predicted molar refractivity (Wildman–Crippen MR) is 94.2 cm³/mol. The highest BCUT2D eigenvalue weighted by molar-refractivity contribution is 7.89. The van der Waals surface area contributed by atoms with E-state index in [0.29, 0.717) is 50.7 Å². The van der Waals surface area contributed by atoms with Crippen molar-refractivity contribution in [2.75, 3.05) is 46.0 Å². The number of carbonyl (C=O) groups is 1. The molecule has 0 unspecified atom stereocenters. The van der Waals surface area contributed by atoms with Crippen molar-refractivity contribution >= 4 is 15.9 Å². The van der Waals surface area contributed by atoms with Crippen LogP contribution >= 0.6 is 0 Å². The summed E-state index contributed by atoms with van der Waals surface area (Å²) in [6.07, 6.45) is 0. The molecule has 1 fully saturated rings. The minimum Gasteiger partial charge on any atom is -0.483 e. The number of carbonyl (C=O) groups excluding carboxylic acids is 1.